The van der Waals surface area contributed by atoms with Crippen LogP contribution in [-0.2, 0) is 11.3 Å². The van der Waals surface area contributed by atoms with E-state index >= 15 is 0 Å². The van der Waals surface area contributed by atoms with Crippen molar-refractivity contribution in [3.05, 3.63) is 33.8 Å². The number of aromatic carboxylic acids is 1. The zero-order chi connectivity index (χ0) is 15.1. The summed E-state index contributed by atoms with van der Waals surface area (Å²) in [5, 5.41) is 11.9. The zero-order valence-electron chi connectivity index (χ0n) is 11.6. The highest BCUT2D eigenvalue weighted by Gasteiger charge is 2.10. The molecule has 0 atom stereocenters. The molecule has 0 heterocycles. The molecule has 0 aliphatic carbocycles. The van der Waals surface area contributed by atoms with Crippen molar-refractivity contribution in [2.75, 3.05) is 19.6 Å². The number of rotatable bonds is 7. The number of hydrogen-bond donors (Lipinski definition) is 2. The molecule has 0 fully saturated rings. The third-order valence-electron chi connectivity index (χ3n) is 3.01. The van der Waals surface area contributed by atoms with Crippen LogP contribution in [0.2, 0.25) is 0 Å². The SMILES string of the molecule is CCN(CC)C(=O)CNCc1ccc(C(=O)O)cc1Br. The Balaban J connectivity index is 2.54. The molecule has 0 aliphatic heterocycles. The second-order valence-electron chi connectivity index (χ2n) is 4.28. The lowest BCUT2D eigenvalue weighted by atomic mass is 10.1. The summed E-state index contributed by atoms with van der Waals surface area (Å²) in [6.45, 7) is 6.08. The first-order chi connectivity index (χ1) is 9.49. The first-order valence-corrected chi connectivity index (χ1v) is 7.29. The van der Waals surface area contributed by atoms with Gasteiger partial charge in [-0.3, -0.25) is 4.79 Å². The van der Waals surface area contributed by atoms with E-state index in [9.17, 15) is 9.59 Å². The number of amides is 1. The van der Waals surface area contributed by atoms with E-state index in [1.807, 2.05) is 13.8 Å². The molecule has 110 valence electrons. The number of carbonyl (C=O) groups excluding carboxylic acids is 1. The molecular weight excluding hydrogens is 324 g/mol. The van der Waals surface area contributed by atoms with Gasteiger partial charge in [-0.2, -0.15) is 0 Å². The summed E-state index contributed by atoms with van der Waals surface area (Å²) in [4.78, 5) is 24.4. The summed E-state index contributed by atoms with van der Waals surface area (Å²) in [5.74, 6) is -0.893. The van der Waals surface area contributed by atoms with Gasteiger partial charge in [-0.15, -0.1) is 0 Å². The molecule has 0 aliphatic rings. The molecule has 0 bridgehead atoms. The fraction of sp³-hybridized carbons (Fsp3) is 0.429. The largest absolute Gasteiger partial charge is 0.478 e. The Labute approximate surface area is 127 Å². The molecule has 0 saturated heterocycles. The van der Waals surface area contributed by atoms with Crippen molar-refractivity contribution < 1.29 is 14.7 Å². The summed E-state index contributed by atoms with van der Waals surface area (Å²) in [6, 6.07) is 4.85. The standard InChI is InChI=1S/C14H19BrN2O3/c1-3-17(4-2)13(18)9-16-8-11-6-5-10(14(19)20)7-12(11)15/h5-7,16H,3-4,8-9H2,1-2H3,(H,19,20). The smallest absolute Gasteiger partial charge is 0.335 e. The first kappa shape index (κ1) is 16.7. The zero-order valence-corrected chi connectivity index (χ0v) is 13.2. The van der Waals surface area contributed by atoms with Crippen molar-refractivity contribution in [2.45, 2.75) is 20.4 Å². The van der Waals surface area contributed by atoms with Crippen LogP contribution in [0.1, 0.15) is 29.8 Å². The van der Waals surface area contributed by atoms with Gasteiger partial charge in [0.25, 0.3) is 0 Å². The fourth-order valence-electron chi connectivity index (χ4n) is 1.82. The van der Waals surface area contributed by atoms with E-state index in [4.69, 9.17) is 5.11 Å². The Morgan fingerprint density at radius 1 is 1.30 bits per heavy atom. The third-order valence-corrected chi connectivity index (χ3v) is 3.75. The predicted octanol–water partition coefficient (Wildman–Crippen LogP) is 2.11. The number of hydrogen-bond acceptors (Lipinski definition) is 3. The van der Waals surface area contributed by atoms with Crippen LogP contribution in [0.4, 0.5) is 0 Å². The van der Waals surface area contributed by atoms with E-state index in [1.54, 1.807) is 23.1 Å². The molecule has 0 saturated carbocycles. The summed E-state index contributed by atoms with van der Waals surface area (Å²) < 4.78 is 0.722. The van der Waals surface area contributed by atoms with Gasteiger partial charge in [-0.1, -0.05) is 22.0 Å². The molecule has 6 heteroatoms. The molecule has 20 heavy (non-hydrogen) atoms. The second-order valence-corrected chi connectivity index (χ2v) is 5.14. The van der Waals surface area contributed by atoms with Crippen LogP contribution in [0.3, 0.4) is 0 Å². The molecule has 5 nitrogen and oxygen atoms in total. The predicted molar refractivity (Wildman–Crippen MR) is 80.7 cm³/mol. The van der Waals surface area contributed by atoms with Gasteiger partial charge in [0, 0.05) is 24.1 Å². The Hall–Kier alpha value is -1.40. The number of nitrogens with one attached hydrogen (secondary N) is 1. The van der Waals surface area contributed by atoms with Gasteiger partial charge >= 0.3 is 5.97 Å². The topological polar surface area (TPSA) is 69.6 Å². The summed E-state index contributed by atoms with van der Waals surface area (Å²) in [5.41, 5.74) is 1.15. The summed E-state index contributed by atoms with van der Waals surface area (Å²) in [6.07, 6.45) is 0. The first-order valence-electron chi connectivity index (χ1n) is 6.49. The molecule has 1 aromatic carbocycles. The van der Waals surface area contributed by atoms with Crippen LogP contribution >= 0.6 is 15.9 Å². The highest BCUT2D eigenvalue weighted by Crippen LogP contribution is 2.18. The van der Waals surface area contributed by atoms with Gasteiger partial charge in [-0.25, -0.2) is 4.79 Å². The van der Waals surface area contributed by atoms with Crippen molar-refractivity contribution in [3.8, 4) is 0 Å². The Kier molecular flexibility index (Phi) is 6.67. The third kappa shape index (κ3) is 4.61. The molecule has 2 N–H and O–H groups in total. The van der Waals surface area contributed by atoms with Crippen LogP contribution in [0, 0.1) is 0 Å². The highest BCUT2D eigenvalue weighted by atomic mass is 79.9. The van der Waals surface area contributed by atoms with Crippen LogP contribution in [-0.4, -0.2) is 41.5 Å². The van der Waals surface area contributed by atoms with E-state index in [1.165, 1.54) is 0 Å². The molecular formula is C14H19BrN2O3. The normalized spacial score (nSPS) is 10.3. The molecule has 0 spiro atoms. The Morgan fingerprint density at radius 3 is 2.45 bits per heavy atom. The van der Waals surface area contributed by atoms with Gasteiger partial charge < -0.3 is 15.3 Å². The van der Waals surface area contributed by atoms with Crippen LogP contribution in [0.25, 0.3) is 0 Å². The number of halogens is 1. The van der Waals surface area contributed by atoms with E-state index in [0.717, 1.165) is 10.0 Å². The van der Waals surface area contributed by atoms with Crippen molar-refractivity contribution in [2.24, 2.45) is 0 Å². The number of nitrogens with zero attached hydrogens (tertiary/aromatic N) is 1. The number of benzene rings is 1. The molecule has 1 aromatic rings. The maximum absolute atomic E-state index is 11.8. The van der Waals surface area contributed by atoms with Crippen molar-refractivity contribution in [1.82, 2.24) is 10.2 Å². The van der Waals surface area contributed by atoms with E-state index in [-0.39, 0.29) is 18.0 Å². The van der Waals surface area contributed by atoms with Gasteiger partial charge in [0.2, 0.25) is 5.91 Å². The average Bonchev–Trinajstić information content (AvgIpc) is 2.41. The minimum absolute atomic E-state index is 0.0632. The fourth-order valence-corrected chi connectivity index (χ4v) is 2.33. The molecule has 0 unspecified atom stereocenters. The maximum atomic E-state index is 11.8. The Bertz CT molecular complexity index is 487. The minimum Gasteiger partial charge on any atom is -0.478 e. The lowest BCUT2D eigenvalue weighted by molar-refractivity contribution is -0.129. The lowest BCUT2D eigenvalue weighted by Gasteiger charge is -2.18. The maximum Gasteiger partial charge on any atom is 0.335 e. The highest BCUT2D eigenvalue weighted by molar-refractivity contribution is 9.10. The average molecular weight is 343 g/mol. The van der Waals surface area contributed by atoms with Crippen molar-refractivity contribution in [3.63, 3.8) is 0 Å². The lowest BCUT2D eigenvalue weighted by Crippen LogP contribution is -2.37. The van der Waals surface area contributed by atoms with E-state index < -0.39 is 5.97 Å². The van der Waals surface area contributed by atoms with Crippen molar-refractivity contribution in [1.29, 1.82) is 0 Å². The van der Waals surface area contributed by atoms with Crippen molar-refractivity contribution >= 4 is 27.8 Å². The summed E-state index contributed by atoms with van der Waals surface area (Å²) >= 11 is 3.34. The van der Waals surface area contributed by atoms with E-state index in [2.05, 4.69) is 21.2 Å². The Morgan fingerprint density at radius 2 is 1.95 bits per heavy atom. The van der Waals surface area contributed by atoms with Gasteiger partial charge in [0.15, 0.2) is 0 Å². The van der Waals surface area contributed by atoms with Gasteiger partial charge in [-0.05, 0) is 31.5 Å². The molecule has 1 rings (SSSR count). The van der Waals surface area contributed by atoms with E-state index in [0.29, 0.717) is 19.6 Å². The molecule has 0 aromatic heterocycles. The number of carboxylic acids is 1. The van der Waals surface area contributed by atoms with Crippen LogP contribution < -0.4 is 5.32 Å². The summed E-state index contributed by atoms with van der Waals surface area (Å²) in [7, 11) is 0. The van der Waals surface area contributed by atoms with Gasteiger partial charge in [0.05, 0.1) is 12.1 Å². The van der Waals surface area contributed by atoms with Crippen LogP contribution in [0.15, 0.2) is 22.7 Å². The number of carbonyl (C=O) groups is 2. The number of carboxylic acid groups (broad SMARTS) is 1. The minimum atomic E-state index is -0.957. The van der Waals surface area contributed by atoms with Gasteiger partial charge in [0.1, 0.15) is 0 Å². The monoisotopic (exact) mass is 342 g/mol. The molecule has 0 radical (unpaired) electrons. The second kappa shape index (κ2) is 8.01. The quantitative estimate of drug-likeness (QED) is 0.796. The van der Waals surface area contributed by atoms with Crippen LogP contribution in [0.5, 0.6) is 0 Å². The molecule has 1 amide bonds. The number of likely N-dealkylation sites (N-methyl/N-ethyl adjacent to an activating group) is 1.